The highest BCUT2D eigenvalue weighted by Crippen LogP contribution is 2.24. The molecule has 2 heterocycles. The van der Waals surface area contributed by atoms with Crippen molar-refractivity contribution in [2.24, 2.45) is 5.92 Å². The van der Waals surface area contributed by atoms with Crippen molar-refractivity contribution in [1.29, 1.82) is 0 Å². The summed E-state index contributed by atoms with van der Waals surface area (Å²) in [4.78, 5) is 37.2. The first-order valence-electron chi connectivity index (χ1n) is 12.9. The molecule has 1 aromatic rings. The SMILES string of the molecule is CCCCS(=O)(=O)NC(CCCc1ccc2c(c1)C(=O)NC(CCC1CCNCC1)C(=O)N2)C(=O)O. The molecule has 1 fully saturated rings. The molecule has 2 unspecified atom stereocenters. The smallest absolute Gasteiger partial charge is 0.321 e. The van der Waals surface area contributed by atoms with E-state index in [0.717, 1.165) is 37.9 Å². The molecule has 3 rings (SSSR count). The Morgan fingerprint density at radius 2 is 1.92 bits per heavy atom. The van der Waals surface area contributed by atoms with Gasteiger partial charge < -0.3 is 21.1 Å². The van der Waals surface area contributed by atoms with Crippen molar-refractivity contribution in [3.05, 3.63) is 29.3 Å². The lowest BCUT2D eigenvalue weighted by atomic mass is 9.91. The van der Waals surface area contributed by atoms with Gasteiger partial charge in [-0.05, 0) is 88.1 Å². The van der Waals surface area contributed by atoms with Gasteiger partial charge in [0.25, 0.3) is 5.91 Å². The van der Waals surface area contributed by atoms with Gasteiger partial charge >= 0.3 is 5.97 Å². The average Bonchev–Trinajstić information content (AvgIpc) is 2.96. The predicted octanol–water partition coefficient (Wildman–Crippen LogP) is 2.01. The third-order valence-corrected chi connectivity index (χ3v) is 8.35. The number of hydrogen-bond donors (Lipinski definition) is 5. The van der Waals surface area contributed by atoms with Crippen molar-refractivity contribution >= 4 is 33.5 Å². The topological polar surface area (TPSA) is 154 Å². The van der Waals surface area contributed by atoms with Crippen LogP contribution in [-0.2, 0) is 26.0 Å². The van der Waals surface area contributed by atoms with E-state index in [9.17, 15) is 27.9 Å². The molecule has 0 aromatic heterocycles. The largest absolute Gasteiger partial charge is 0.480 e. The van der Waals surface area contributed by atoms with E-state index in [4.69, 9.17) is 0 Å². The molecule has 2 amide bonds. The minimum absolute atomic E-state index is 0.0994. The fourth-order valence-corrected chi connectivity index (χ4v) is 6.13. The molecular weight excluding hydrogens is 484 g/mol. The van der Waals surface area contributed by atoms with E-state index < -0.39 is 28.1 Å². The van der Waals surface area contributed by atoms with Crippen molar-refractivity contribution in [3.63, 3.8) is 0 Å². The van der Waals surface area contributed by atoms with Crippen LogP contribution in [0.25, 0.3) is 0 Å². The van der Waals surface area contributed by atoms with E-state index >= 15 is 0 Å². The average molecular weight is 523 g/mol. The second-order valence-electron chi connectivity index (χ2n) is 9.74. The van der Waals surface area contributed by atoms with E-state index in [-0.39, 0.29) is 24.0 Å². The first kappa shape index (κ1) is 28.1. The van der Waals surface area contributed by atoms with Gasteiger partial charge in [-0.1, -0.05) is 19.4 Å². The van der Waals surface area contributed by atoms with Gasteiger partial charge in [-0.3, -0.25) is 14.4 Å². The zero-order valence-electron chi connectivity index (χ0n) is 20.8. The van der Waals surface area contributed by atoms with Crippen LogP contribution in [0.1, 0.15) is 74.2 Å². The van der Waals surface area contributed by atoms with Crippen LogP contribution >= 0.6 is 0 Å². The molecule has 0 radical (unpaired) electrons. The molecule has 1 saturated heterocycles. The minimum Gasteiger partial charge on any atom is -0.480 e. The summed E-state index contributed by atoms with van der Waals surface area (Å²) >= 11 is 0. The number of hydrogen-bond acceptors (Lipinski definition) is 6. The lowest BCUT2D eigenvalue weighted by molar-refractivity contribution is -0.139. The number of nitrogens with one attached hydrogen (secondary N) is 4. The van der Waals surface area contributed by atoms with Gasteiger partial charge in [0.15, 0.2) is 0 Å². The Hall–Kier alpha value is -2.50. The monoisotopic (exact) mass is 522 g/mol. The number of benzene rings is 1. The van der Waals surface area contributed by atoms with Gasteiger partial charge in [0.2, 0.25) is 15.9 Å². The van der Waals surface area contributed by atoms with Crippen molar-refractivity contribution in [2.45, 2.75) is 76.8 Å². The first-order valence-corrected chi connectivity index (χ1v) is 14.5. The Kier molecular flexibility index (Phi) is 10.3. The summed E-state index contributed by atoms with van der Waals surface area (Å²) in [6.45, 7) is 3.84. The molecule has 0 spiro atoms. The molecule has 0 bridgehead atoms. The Balaban J connectivity index is 1.57. The highest BCUT2D eigenvalue weighted by Gasteiger charge is 2.29. The number of carboxylic acid groups (broad SMARTS) is 1. The number of carbonyl (C=O) groups excluding carboxylic acids is 2. The summed E-state index contributed by atoms with van der Waals surface area (Å²) in [5.74, 6) is -1.29. The number of piperidine rings is 1. The van der Waals surface area contributed by atoms with Crippen LogP contribution in [0, 0.1) is 5.92 Å². The summed E-state index contributed by atoms with van der Waals surface area (Å²) in [6, 6.07) is 3.42. The summed E-state index contributed by atoms with van der Waals surface area (Å²) in [5, 5.41) is 18.5. The molecule has 2 aliphatic heterocycles. The molecule has 2 atom stereocenters. The standard InChI is InChI=1S/C25H38N4O6S/c1-2-3-15-36(34,35)29-22(25(32)33)6-4-5-18-8-9-20-19(16-18)23(30)28-21(24(31)27-20)10-7-17-11-13-26-14-12-17/h8-9,16-17,21-22,26,29H,2-7,10-15H2,1H3,(H,27,31)(H,28,30)(H,32,33). The van der Waals surface area contributed by atoms with Gasteiger partial charge in [-0.2, -0.15) is 0 Å². The number of aryl methyl sites for hydroxylation is 1. The maximum atomic E-state index is 12.9. The van der Waals surface area contributed by atoms with E-state index in [1.807, 2.05) is 6.92 Å². The van der Waals surface area contributed by atoms with Crippen molar-refractivity contribution in [3.8, 4) is 0 Å². The number of carbonyl (C=O) groups is 3. The van der Waals surface area contributed by atoms with E-state index in [2.05, 4.69) is 20.7 Å². The summed E-state index contributed by atoms with van der Waals surface area (Å²) in [6.07, 6.45) is 5.80. The molecule has 11 heteroatoms. The van der Waals surface area contributed by atoms with E-state index in [1.165, 1.54) is 0 Å². The molecule has 36 heavy (non-hydrogen) atoms. The number of carboxylic acids is 1. The highest BCUT2D eigenvalue weighted by molar-refractivity contribution is 7.89. The van der Waals surface area contributed by atoms with Crippen LogP contribution in [0.5, 0.6) is 0 Å². The Morgan fingerprint density at radius 3 is 2.61 bits per heavy atom. The maximum Gasteiger partial charge on any atom is 0.321 e. The van der Waals surface area contributed by atoms with Gasteiger partial charge in [-0.15, -0.1) is 0 Å². The number of fused-ring (bicyclic) bond motifs is 1. The third kappa shape index (κ3) is 8.28. The molecular formula is C25H38N4O6S. The summed E-state index contributed by atoms with van der Waals surface area (Å²) in [7, 11) is -3.66. The fourth-order valence-electron chi connectivity index (χ4n) is 4.69. The number of amides is 2. The number of anilines is 1. The summed E-state index contributed by atoms with van der Waals surface area (Å²) in [5.41, 5.74) is 1.64. The van der Waals surface area contributed by atoms with Gasteiger partial charge in [0.1, 0.15) is 12.1 Å². The maximum absolute atomic E-state index is 12.9. The Labute approximate surface area is 213 Å². The fraction of sp³-hybridized carbons (Fsp3) is 0.640. The lowest BCUT2D eigenvalue weighted by Crippen LogP contribution is -2.41. The van der Waals surface area contributed by atoms with Crippen molar-refractivity contribution in [2.75, 3.05) is 24.2 Å². The van der Waals surface area contributed by atoms with Crippen molar-refractivity contribution in [1.82, 2.24) is 15.4 Å². The van der Waals surface area contributed by atoms with E-state index in [1.54, 1.807) is 18.2 Å². The first-order chi connectivity index (χ1) is 17.2. The molecule has 5 N–H and O–H groups in total. The van der Waals surface area contributed by atoms with Gasteiger partial charge in [0.05, 0.1) is 17.0 Å². The predicted molar refractivity (Wildman–Crippen MR) is 137 cm³/mol. The number of sulfonamides is 1. The van der Waals surface area contributed by atoms with Crippen LogP contribution in [0.2, 0.25) is 0 Å². The second-order valence-corrected chi connectivity index (χ2v) is 11.6. The molecule has 0 saturated carbocycles. The molecule has 0 aliphatic carbocycles. The normalized spacial score (nSPS) is 19.6. The van der Waals surface area contributed by atoms with Crippen LogP contribution in [-0.4, -0.2) is 62.2 Å². The Bertz CT molecular complexity index is 1040. The minimum atomic E-state index is -3.66. The number of unbranched alkanes of at least 4 members (excludes halogenated alkanes) is 1. The summed E-state index contributed by atoms with van der Waals surface area (Å²) < 4.78 is 26.5. The van der Waals surface area contributed by atoms with Crippen LogP contribution in [0.4, 0.5) is 5.69 Å². The quantitative estimate of drug-likeness (QED) is 0.266. The van der Waals surface area contributed by atoms with Crippen molar-refractivity contribution < 1.29 is 27.9 Å². The molecule has 2 aliphatic rings. The van der Waals surface area contributed by atoms with Crippen LogP contribution < -0.4 is 20.7 Å². The van der Waals surface area contributed by atoms with Gasteiger partial charge in [-0.25, -0.2) is 13.1 Å². The second kappa shape index (κ2) is 13.2. The van der Waals surface area contributed by atoms with E-state index in [0.29, 0.717) is 49.3 Å². The van der Waals surface area contributed by atoms with Gasteiger partial charge in [0, 0.05) is 0 Å². The zero-order valence-corrected chi connectivity index (χ0v) is 21.7. The van der Waals surface area contributed by atoms with Crippen LogP contribution in [0.15, 0.2) is 18.2 Å². The zero-order chi connectivity index (χ0) is 26.1. The number of rotatable bonds is 13. The highest BCUT2D eigenvalue weighted by atomic mass is 32.2. The molecule has 200 valence electrons. The number of aliphatic carboxylic acids is 1. The molecule has 10 nitrogen and oxygen atoms in total. The van der Waals surface area contributed by atoms with Crippen LogP contribution in [0.3, 0.4) is 0 Å². The Morgan fingerprint density at radius 1 is 1.17 bits per heavy atom. The lowest BCUT2D eigenvalue weighted by Gasteiger charge is -2.24. The third-order valence-electron chi connectivity index (χ3n) is 6.88. The molecule has 1 aromatic carbocycles.